The van der Waals surface area contributed by atoms with Gasteiger partial charge in [0.2, 0.25) is 5.91 Å². The van der Waals surface area contributed by atoms with Crippen molar-refractivity contribution in [2.75, 3.05) is 0 Å². The van der Waals surface area contributed by atoms with Crippen molar-refractivity contribution in [1.29, 1.82) is 0 Å². The van der Waals surface area contributed by atoms with E-state index in [-0.39, 0.29) is 6.04 Å². The summed E-state index contributed by atoms with van der Waals surface area (Å²) in [5.41, 5.74) is 5.80. The Bertz CT molecular complexity index is 396. The average molecular weight is 289 g/mol. The quantitative estimate of drug-likeness (QED) is 0.892. The highest BCUT2D eigenvalue weighted by Gasteiger charge is 2.19. The second-order valence-corrected chi connectivity index (χ2v) is 4.68. The molecule has 0 saturated carbocycles. The van der Waals surface area contributed by atoms with Crippen molar-refractivity contribution in [1.82, 2.24) is 5.32 Å². The van der Waals surface area contributed by atoms with E-state index < -0.39 is 17.8 Å². The summed E-state index contributed by atoms with van der Waals surface area (Å²) in [6.07, 6.45) is 0. The summed E-state index contributed by atoms with van der Waals surface area (Å²) in [7, 11) is 0. The maximum atomic E-state index is 13.3. The monoisotopic (exact) mass is 288 g/mol. The fourth-order valence-corrected chi connectivity index (χ4v) is 1.61. The first kappa shape index (κ1) is 13.1. The van der Waals surface area contributed by atoms with Gasteiger partial charge in [-0.25, -0.2) is 4.39 Å². The molecule has 16 heavy (non-hydrogen) atoms. The molecule has 1 unspecified atom stereocenters. The molecule has 0 spiro atoms. The molecule has 5 heteroatoms. The van der Waals surface area contributed by atoms with Crippen molar-refractivity contribution < 1.29 is 9.18 Å². The Labute approximate surface area is 102 Å². The number of halogens is 2. The van der Waals surface area contributed by atoms with Crippen molar-refractivity contribution in [3.63, 3.8) is 0 Å². The molecule has 0 aliphatic heterocycles. The topological polar surface area (TPSA) is 55.1 Å². The molecule has 1 amide bonds. The molecule has 1 aromatic rings. The van der Waals surface area contributed by atoms with Crippen LogP contribution in [0.2, 0.25) is 0 Å². The number of carbonyl (C=O) groups is 1. The summed E-state index contributed by atoms with van der Waals surface area (Å²) < 4.78 is 13.7. The van der Waals surface area contributed by atoms with E-state index in [1.165, 1.54) is 6.07 Å². The van der Waals surface area contributed by atoms with Gasteiger partial charge in [-0.15, -0.1) is 0 Å². The van der Waals surface area contributed by atoms with Gasteiger partial charge >= 0.3 is 0 Å². The Morgan fingerprint density at radius 2 is 2.12 bits per heavy atom. The van der Waals surface area contributed by atoms with E-state index in [0.29, 0.717) is 10.0 Å². The third-order valence-electron chi connectivity index (χ3n) is 2.06. The Morgan fingerprint density at radius 3 is 2.56 bits per heavy atom. The van der Waals surface area contributed by atoms with E-state index in [9.17, 15) is 9.18 Å². The highest BCUT2D eigenvalue weighted by molar-refractivity contribution is 9.10. The van der Waals surface area contributed by atoms with Gasteiger partial charge in [0.1, 0.15) is 11.9 Å². The number of hydrogen-bond acceptors (Lipinski definition) is 2. The number of carbonyl (C=O) groups excluding carboxylic acids is 1. The van der Waals surface area contributed by atoms with Crippen LogP contribution in [0.1, 0.15) is 25.5 Å². The maximum Gasteiger partial charge on any atom is 0.239 e. The fourth-order valence-electron chi connectivity index (χ4n) is 1.37. The van der Waals surface area contributed by atoms with Gasteiger partial charge in [-0.05, 0) is 47.5 Å². The summed E-state index contributed by atoms with van der Waals surface area (Å²) in [6, 6.07) is 3.95. The molecule has 0 bridgehead atoms. The average Bonchev–Trinajstić information content (AvgIpc) is 2.18. The summed E-state index contributed by atoms with van der Waals surface area (Å²) in [6.45, 7) is 3.79. The fraction of sp³-hybridized carbons (Fsp3) is 0.364. The predicted molar refractivity (Wildman–Crippen MR) is 64.3 cm³/mol. The second-order valence-electron chi connectivity index (χ2n) is 3.83. The zero-order chi connectivity index (χ0) is 12.3. The number of benzene rings is 1. The lowest BCUT2D eigenvalue weighted by Crippen LogP contribution is -2.37. The van der Waals surface area contributed by atoms with Crippen molar-refractivity contribution in [2.45, 2.75) is 25.9 Å². The van der Waals surface area contributed by atoms with Crippen LogP contribution in [-0.2, 0) is 4.79 Å². The van der Waals surface area contributed by atoms with Gasteiger partial charge in [0, 0.05) is 6.04 Å². The molecule has 1 atom stereocenters. The predicted octanol–water partition coefficient (Wildman–Crippen LogP) is 2.11. The van der Waals surface area contributed by atoms with Gasteiger partial charge in [-0.3, -0.25) is 10.1 Å². The molecule has 0 fully saturated rings. The van der Waals surface area contributed by atoms with E-state index in [1.54, 1.807) is 12.1 Å². The van der Waals surface area contributed by atoms with E-state index >= 15 is 0 Å². The molecule has 0 aliphatic rings. The number of nitrogens with two attached hydrogens (primary N) is 1. The highest BCUT2D eigenvalue weighted by atomic mass is 79.9. The van der Waals surface area contributed by atoms with Gasteiger partial charge in [-0.2, -0.15) is 0 Å². The summed E-state index contributed by atoms with van der Waals surface area (Å²) in [5.74, 6) is -0.926. The second kappa shape index (κ2) is 5.41. The first-order valence-electron chi connectivity index (χ1n) is 4.92. The van der Waals surface area contributed by atoms with E-state index in [0.717, 1.165) is 0 Å². The van der Waals surface area contributed by atoms with Gasteiger partial charge in [0.15, 0.2) is 0 Å². The van der Waals surface area contributed by atoms with Crippen LogP contribution in [0.25, 0.3) is 0 Å². The zero-order valence-corrected chi connectivity index (χ0v) is 10.7. The third-order valence-corrected chi connectivity index (χ3v) is 2.70. The third kappa shape index (κ3) is 3.28. The van der Waals surface area contributed by atoms with Crippen LogP contribution in [0.5, 0.6) is 0 Å². The molecular formula is C11H14BrFN2O. The molecular weight excluding hydrogens is 275 g/mol. The first-order chi connectivity index (χ1) is 7.41. The molecule has 0 radical (unpaired) electrons. The van der Waals surface area contributed by atoms with Crippen LogP contribution in [0.4, 0.5) is 4.39 Å². The Hall–Kier alpha value is -0.940. The number of rotatable bonds is 4. The van der Waals surface area contributed by atoms with Crippen LogP contribution in [0.15, 0.2) is 22.7 Å². The number of hydrogen-bond donors (Lipinski definition) is 2. The maximum absolute atomic E-state index is 13.3. The number of nitrogens with one attached hydrogen (secondary N) is 1. The minimum Gasteiger partial charge on any atom is -0.368 e. The summed E-state index contributed by atoms with van der Waals surface area (Å²) in [5, 5.41) is 2.99. The van der Waals surface area contributed by atoms with Crippen molar-refractivity contribution in [3.05, 3.63) is 34.1 Å². The van der Waals surface area contributed by atoms with Crippen molar-refractivity contribution in [3.8, 4) is 0 Å². The van der Waals surface area contributed by atoms with Crippen molar-refractivity contribution in [2.24, 2.45) is 5.73 Å². The molecule has 0 aromatic heterocycles. The minimum atomic E-state index is -0.664. The molecule has 0 saturated heterocycles. The standard InChI is InChI=1S/C11H14BrFN2O/c1-6(2)15-10(11(14)16)7-3-4-8(12)9(13)5-7/h3-6,10,15H,1-2H3,(H2,14,16). The smallest absolute Gasteiger partial charge is 0.239 e. The molecule has 1 aromatic carbocycles. The molecule has 0 heterocycles. The Kier molecular flexibility index (Phi) is 4.44. The molecule has 88 valence electrons. The van der Waals surface area contributed by atoms with Gasteiger partial charge in [0.25, 0.3) is 0 Å². The summed E-state index contributed by atoms with van der Waals surface area (Å²) >= 11 is 3.05. The Balaban J connectivity index is 3.01. The summed E-state index contributed by atoms with van der Waals surface area (Å²) in [4.78, 5) is 11.3. The van der Waals surface area contributed by atoms with Crippen LogP contribution in [-0.4, -0.2) is 11.9 Å². The first-order valence-corrected chi connectivity index (χ1v) is 5.71. The molecule has 3 N–H and O–H groups in total. The zero-order valence-electron chi connectivity index (χ0n) is 9.13. The number of primary amides is 1. The number of amides is 1. The van der Waals surface area contributed by atoms with E-state index in [4.69, 9.17) is 5.73 Å². The van der Waals surface area contributed by atoms with Gasteiger partial charge in [-0.1, -0.05) is 6.07 Å². The van der Waals surface area contributed by atoms with E-state index in [1.807, 2.05) is 13.8 Å². The van der Waals surface area contributed by atoms with Gasteiger partial charge < -0.3 is 5.73 Å². The van der Waals surface area contributed by atoms with Gasteiger partial charge in [0.05, 0.1) is 4.47 Å². The lowest BCUT2D eigenvalue weighted by atomic mass is 10.1. The normalized spacial score (nSPS) is 12.8. The lowest BCUT2D eigenvalue weighted by molar-refractivity contribution is -0.120. The molecule has 0 aliphatic carbocycles. The Morgan fingerprint density at radius 1 is 1.50 bits per heavy atom. The van der Waals surface area contributed by atoms with Crippen molar-refractivity contribution >= 4 is 21.8 Å². The van der Waals surface area contributed by atoms with Crippen LogP contribution < -0.4 is 11.1 Å². The van der Waals surface area contributed by atoms with E-state index in [2.05, 4.69) is 21.2 Å². The van der Waals surface area contributed by atoms with Crippen LogP contribution >= 0.6 is 15.9 Å². The lowest BCUT2D eigenvalue weighted by Gasteiger charge is -2.18. The SMILES string of the molecule is CC(C)NC(C(N)=O)c1ccc(Br)c(F)c1. The molecule has 1 rings (SSSR count). The largest absolute Gasteiger partial charge is 0.368 e. The molecule has 3 nitrogen and oxygen atoms in total. The van der Waals surface area contributed by atoms with Crippen LogP contribution in [0.3, 0.4) is 0 Å². The highest BCUT2D eigenvalue weighted by Crippen LogP contribution is 2.21. The van der Waals surface area contributed by atoms with Crippen LogP contribution in [0, 0.1) is 5.82 Å². The minimum absolute atomic E-state index is 0.0872.